The van der Waals surface area contributed by atoms with Crippen LogP contribution < -0.4 is 10.1 Å². The minimum absolute atomic E-state index is 0.580. The Hall–Kier alpha value is -1.55. The molecule has 0 heterocycles. The third-order valence-electron chi connectivity index (χ3n) is 3.06. The van der Waals surface area contributed by atoms with Crippen LogP contribution in [0, 0.1) is 5.92 Å². The number of hydrogen-bond acceptors (Lipinski definition) is 3. The number of hydrogen-bond donors (Lipinski definition) is 2. The first-order chi connectivity index (χ1) is 8.70. The van der Waals surface area contributed by atoms with Gasteiger partial charge in [0.05, 0.1) is 6.61 Å². The normalized spacial score (nSPS) is 16.3. The fourth-order valence-electron chi connectivity index (χ4n) is 1.90. The van der Waals surface area contributed by atoms with Crippen molar-refractivity contribution in [3.8, 4) is 5.75 Å². The van der Waals surface area contributed by atoms with Gasteiger partial charge in [0.25, 0.3) is 0 Å². The fraction of sp³-hybridized carbons (Fsp3) is 0.500. The Bertz CT molecular complexity index is 415. The summed E-state index contributed by atoms with van der Waals surface area (Å²) in [7, 11) is 0. The van der Waals surface area contributed by atoms with Crippen molar-refractivity contribution in [3.63, 3.8) is 0 Å². The molecular weight excluding hydrogens is 230 g/mol. The third-order valence-corrected chi connectivity index (χ3v) is 3.06. The highest BCUT2D eigenvalue weighted by Gasteiger charge is 2.25. The third kappa shape index (κ3) is 3.47. The first kappa shape index (κ1) is 12.9. The van der Waals surface area contributed by atoms with Crippen LogP contribution in [0.5, 0.6) is 5.75 Å². The van der Waals surface area contributed by atoms with E-state index in [2.05, 4.69) is 5.32 Å². The van der Waals surface area contributed by atoms with Crippen LogP contribution in [0.3, 0.4) is 0 Å². The van der Waals surface area contributed by atoms with Crippen LogP contribution in [0.1, 0.15) is 31.4 Å². The van der Waals surface area contributed by atoms with Gasteiger partial charge in [0.1, 0.15) is 11.8 Å². The summed E-state index contributed by atoms with van der Waals surface area (Å²) >= 11 is 0. The Morgan fingerprint density at radius 3 is 2.94 bits per heavy atom. The summed E-state index contributed by atoms with van der Waals surface area (Å²) in [6.07, 6.45) is 2.41. The topological polar surface area (TPSA) is 58.6 Å². The molecule has 2 rings (SSSR count). The van der Waals surface area contributed by atoms with Crippen LogP contribution in [0.25, 0.3) is 0 Å². The van der Waals surface area contributed by atoms with Crippen molar-refractivity contribution in [2.75, 3.05) is 13.2 Å². The molecule has 1 aromatic carbocycles. The minimum atomic E-state index is -0.843. The lowest BCUT2D eigenvalue weighted by Gasteiger charge is -2.15. The van der Waals surface area contributed by atoms with Crippen LogP contribution in [-0.4, -0.2) is 24.2 Å². The smallest absolute Gasteiger partial charge is 0.325 e. The molecule has 0 amide bonds. The Labute approximate surface area is 107 Å². The van der Waals surface area contributed by atoms with Gasteiger partial charge in [-0.3, -0.25) is 4.79 Å². The number of nitrogens with one attached hydrogen (secondary N) is 1. The molecule has 4 heteroatoms. The highest BCUT2D eigenvalue weighted by atomic mass is 16.5. The summed E-state index contributed by atoms with van der Waals surface area (Å²) in [4.78, 5) is 11.3. The number of aliphatic carboxylic acids is 1. The predicted molar refractivity (Wildman–Crippen MR) is 68.7 cm³/mol. The second-order valence-corrected chi connectivity index (χ2v) is 4.63. The Kier molecular flexibility index (Phi) is 4.20. The van der Waals surface area contributed by atoms with E-state index in [0.29, 0.717) is 12.5 Å². The molecule has 0 radical (unpaired) electrons. The summed E-state index contributed by atoms with van der Waals surface area (Å²) in [5, 5.41) is 12.4. The largest absolute Gasteiger partial charge is 0.494 e. The lowest BCUT2D eigenvalue weighted by atomic mass is 10.1. The molecule has 1 aliphatic rings. The zero-order valence-electron chi connectivity index (χ0n) is 10.6. The first-order valence-corrected chi connectivity index (χ1v) is 6.39. The summed E-state index contributed by atoms with van der Waals surface area (Å²) in [6.45, 7) is 3.26. The second kappa shape index (κ2) is 5.87. The van der Waals surface area contributed by atoms with E-state index in [1.807, 2.05) is 25.1 Å². The number of ether oxygens (including phenoxy) is 1. The molecule has 2 N–H and O–H groups in total. The molecule has 1 aliphatic carbocycles. The van der Waals surface area contributed by atoms with Crippen LogP contribution in [0.15, 0.2) is 24.3 Å². The number of rotatable bonds is 7. The van der Waals surface area contributed by atoms with Crippen LogP contribution in [-0.2, 0) is 4.79 Å². The number of carboxylic acids is 1. The summed E-state index contributed by atoms with van der Waals surface area (Å²) < 4.78 is 5.39. The summed E-state index contributed by atoms with van der Waals surface area (Å²) in [5.74, 6) is 0.528. The standard InChI is InChI=1S/C14H19NO3/c1-2-18-12-5-3-4-11(8-12)13(14(16)17)15-9-10-6-7-10/h3-5,8,10,13,15H,2,6-7,9H2,1H3,(H,16,17). The van der Waals surface area contributed by atoms with Crippen molar-refractivity contribution in [2.45, 2.75) is 25.8 Å². The zero-order chi connectivity index (χ0) is 13.0. The molecule has 4 nitrogen and oxygen atoms in total. The van der Waals surface area contributed by atoms with Gasteiger partial charge in [0.2, 0.25) is 0 Å². The molecule has 0 aliphatic heterocycles. The van der Waals surface area contributed by atoms with Crippen LogP contribution in [0.2, 0.25) is 0 Å². The van der Waals surface area contributed by atoms with Crippen molar-refractivity contribution in [3.05, 3.63) is 29.8 Å². The van der Waals surface area contributed by atoms with Crippen molar-refractivity contribution >= 4 is 5.97 Å². The van der Waals surface area contributed by atoms with E-state index < -0.39 is 12.0 Å². The van der Waals surface area contributed by atoms with E-state index in [9.17, 15) is 9.90 Å². The molecule has 1 unspecified atom stereocenters. The van der Waals surface area contributed by atoms with Gasteiger partial charge in [0, 0.05) is 0 Å². The lowest BCUT2D eigenvalue weighted by molar-refractivity contribution is -0.139. The van der Waals surface area contributed by atoms with E-state index in [1.165, 1.54) is 12.8 Å². The maximum Gasteiger partial charge on any atom is 0.325 e. The molecule has 1 aromatic rings. The van der Waals surface area contributed by atoms with Crippen molar-refractivity contribution in [1.29, 1.82) is 0 Å². The van der Waals surface area contributed by atoms with Gasteiger partial charge >= 0.3 is 5.97 Å². The quantitative estimate of drug-likeness (QED) is 0.778. The van der Waals surface area contributed by atoms with Crippen molar-refractivity contribution in [2.24, 2.45) is 5.92 Å². The molecule has 0 spiro atoms. The van der Waals surface area contributed by atoms with Crippen LogP contribution in [0.4, 0.5) is 0 Å². The van der Waals surface area contributed by atoms with E-state index in [0.717, 1.165) is 17.9 Å². The average molecular weight is 249 g/mol. The van der Waals surface area contributed by atoms with Gasteiger partial charge in [0.15, 0.2) is 0 Å². The van der Waals surface area contributed by atoms with E-state index in [1.54, 1.807) is 6.07 Å². The Morgan fingerprint density at radius 2 is 2.33 bits per heavy atom. The SMILES string of the molecule is CCOc1cccc(C(NCC2CC2)C(=O)O)c1. The maximum absolute atomic E-state index is 11.3. The Balaban J connectivity index is 2.07. The van der Waals surface area contributed by atoms with Gasteiger partial charge in [-0.1, -0.05) is 12.1 Å². The second-order valence-electron chi connectivity index (χ2n) is 4.63. The van der Waals surface area contributed by atoms with E-state index in [-0.39, 0.29) is 0 Å². The summed E-state index contributed by atoms with van der Waals surface area (Å²) in [6, 6.07) is 6.64. The number of carbonyl (C=O) groups is 1. The molecule has 98 valence electrons. The molecule has 18 heavy (non-hydrogen) atoms. The number of carboxylic acid groups (broad SMARTS) is 1. The Morgan fingerprint density at radius 1 is 1.56 bits per heavy atom. The van der Waals surface area contributed by atoms with Gasteiger partial charge < -0.3 is 15.2 Å². The van der Waals surface area contributed by atoms with Gasteiger partial charge in [-0.2, -0.15) is 0 Å². The molecule has 0 aromatic heterocycles. The molecule has 0 saturated heterocycles. The average Bonchev–Trinajstić information content (AvgIpc) is 3.14. The lowest BCUT2D eigenvalue weighted by Crippen LogP contribution is -2.30. The molecule has 1 saturated carbocycles. The van der Waals surface area contributed by atoms with Gasteiger partial charge in [-0.05, 0) is 49.9 Å². The number of benzene rings is 1. The van der Waals surface area contributed by atoms with E-state index in [4.69, 9.17) is 4.74 Å². The fourth-order valence-corrected chi connectivity index (χ4v) is 1.90. The maximum atomic E-state index is 11.3. The van der Waals surface area contributed by atoms with Gasteiger partial charge in [-0.15, -0.1) is 0 Å². The van der Waals surface area contributed by atoms with Crippen molar-refractivity contribution in [1.82, 2.24) is 5.32 Å². The monoisotopic (exact) mass is 249 g/mol. The molecule has 1 atom stereocenters. The summed E-state index contributed by atoms with van der Waals surface area (Å²) in [5.41, 5.74) is 0.745. The van der Waals surface area contributed by atoms with Gasteiger partial charge in [-0.25, -0.2) is 0 Å². The zero-order valence-corrected chi connectivity index (χ0v) is 10.6. The predicted octanol–water partition coefficient (Wildman–Crippen LogP) is 2.21. The van der Waals surface area contributed by atoms with Crippen LogP contribution >= 0.6 is 0 Å². The first-order valence-electron chi connectivity index (χ1n) is 6.39. The molecular formula is C14H19NO3. The minimum Gasteiger partial charge on any atom is -0.494 e. The molecule has 1 fully saturated rings. The highest BCUT2D eigenvalue weighted by molar-refractivity contribution is 5.75. The highest BCUT2D eigenvalue weighted by Crippen LogP contribution is 2.29. The van der Waals surface area contributed by atoms with E-state index >= 15 is 0 Å². The van der Waals surface area contributed by atoms with Crippen molar-refractivity contribution < 1.29 is 14.6 Å². The molecule has 0 bridgehead atoms.